The summed E-state index contributed by atoms with van der Waals surface area (Å²) in [5.74, 6) is -0.930. The number of hydrogen-bond donors (Lipinski definition) is 5. The normalized spacial score (nSPS) is 17.0. The molecular formula is C34H42ClN5O11S2. The highest BCUT2D eigenvalue weighted by Crippen LogP contribution is 2.35. The number of sulfonamides is 2. The van der Waals surface area contributed by atoms with E-state index in [0.717, 1.165) is 22.8 Å². The number of nitrogens with two attached hydrogens (primary N) is 1. The van der Waals surface area contributed by atoms with Crippen LogP contribution in [0.2, 0.25) is 5.02 Å². The summed E-state index contributed by atoms with van der Waals surface area (Å²) in [5.41, 5.74) is 2.88. The molecule has 3 aromatic rings. The molecule has 0 aromatic heterocycles. The number of primary sulfonamides is 1. The van der Waals surface area contributed by atoms with Crippen molar-refractivity contribution in [2.75, 3.05) is 32.8 Å². The van der Waals surface area contributed by atoms with Crippen molar-refractivity contribution >= 4 is 55.2 Å². The van der Waals surface area contributed by atoms with Crippen LogP contribution in [0.1, 0.15) is 37.0 Å². The minimum Gasteiger partial charge on any atom is -0.493 e. The highest BCUT2D eigenvalue weighted by atomic mass is 35.5. The number of methoxy groups -OCH3 is 2. The standard InChI is InChI=1S/C27H34N2O7.C7H8ClN3O4S2/c1-5-36-27(33)21(12-11-18-9-7-6-8-10-18)28-17(2)25(30)29-16-20-15-24(35-4)23(34-3)14-19(20)13-22(29)26(31)32;8-4-1-5-7(2-6(4)16(9,12)13)17(14,15)11-3-10-5/h6-10,14-15,17,21-22,28H,5,11-13,16H2,1-4H3,(H,31,32);1-2,10-11H,3H2,(H2,9,12,13)/t17-,21-,22+;/m1./s1. The number of hydrogen-bond acceptors (Lipinski definition) is 12. The second kappa shape index (κ2) is 17.6. The quantitative estimate of drug-likeness (QED) is 0.166. The van der Waals surface area contributed by atoms with Crippen LogP contribution in [-0.2, 0) is 58.6 Å². The third-order valence-electron chi connectivity index (χ3n) is 8.53. The molecule has 5 rings (SSSR count). The number of anilines is 1. The summed E-state index contributed by atoms with van der Waals surface area (Å²) in [6.45, 7) is 3.71. The largest absolute Gasteiger partial charge is 0.493 e. The molecule has 2 aliphatic heterocycles. The molecule has 16 nitrogen and oxygen atoms in total. The van der Waals surface area contributed by atoms with Gasteiger partial charge < -0.3 is 29.5 Å². The lowest BCUT2D eigenvalue weighted by molar-refractivity contribution is -0.153. The summed E-state index contributed by atoms with van der Waals surface area (Å²) >= 11 is 5.72. The molecular weight excluding hydrogens is 754 g/mol. The molecule has 0 saturated heterocycles. The zero-order valence-corrected chi connectivity index (χ0v) is 31.8. The van der Waals surface area contributed by atoms with Crippen LogP contribution in [0.25, 0.3) is 0 Å². The molecule has 3 aromatic carbocycles. The first-order valence-electron chi connectivity index (χ1n) is 16.3. The molecule has 0 aliphatic carbocycles. The lowest BCUT2D eigenvalue weighted by atomic mass is 9.92. The average Bonchev–Trinajstić information content (AvgIpc) is 3.11. The SMILES string of the molecule is CCOC(=O)[C@@H](CCc1ccccc1)N[C@H](C)C(=O)N1Cc2cc(OC)c(OC)cc2C[C@H]1C(=O)O.NS(=O)(=O)c1cc2c(cc1Cl)NCNS2(=O)=O. The maximum absolute atomic E-state index is 13.5. The number of carbonyl (C=O) groups excluding carboxylic acids is 2. The smallest absolute Gasteiger partial charge is 0.326 e. The number of halogens is 1. The van der Waals surface area contributed by atoms with Crippen molar-refractivity contribution in [2.45, 2.75) is 67.6 Å². The van der Waals surface area contributed by atoms with Gasteiger partial charge in [-0.2, -0.15) is 4.72 Å². The van der Waals surface area contributed by atoms with Crippen molar-refractivity contribution in [1.29, 1.82) is 0 Å². The Morgan fingerprint density at radius 2 is 1.72 bits per heavy atom. The van der Waals surface area contributed by atoms with Gasteiger partial charge in [0, 0.05) is 13.0 Å². The van der Waals surface area contributed by atoms with Crippen molar-refractivity contribution < 1.29 is 50.5 Å². The van der Waals surface area contributed by atoms with Crippen LogP contribution in [-0.4, -0.2) is 90.3 Å². The Hall–Kier alpha value is -4.46. The number of esters is 1. The summed E-state index contributed by atoms with van der Waals surface area (Å²) in [4.78, 5) is 38.9. The van der Waals surface area contributed by atoms with E-state index >= 15 is 0 Å². The van der Waals surface area contributed by atoms with Crippen LogP contribution in [0.5, 0.6) is 11.5 Å². The second-order valence-corrected chi connectivity index (χ2v) is 15.7. The molecule has 0 fully saturated rings. The molecule has 0 unspecified atom stereocenters. The van der Waals surface area contributed by atoms with E-state index in [9.17, 15) is 36.3 Å². The lowest BCUT2D eigenvalue weighted by Crippen LogP contribution is -2.56. The van der Waals surface area contributed by atoms with Gasteiger partial charge in [-0.3, -0.25) is 14.9 Å². The monoisotopic (exact) mass is 795 g/mol. The summed E-state index contributed by atoms with van der Waals surface area (Å²) < 4.78 is 63.8. The topological polar surface area (TPSA) is 233 Å². The van der Waals surface area contributed by atoms with Gasteiger partial charge in [-0.05, 0) is 67.6 Å². The molecule has 2 aliphatic rings. The molecule has 53 heavy (non-hydrogen) atoms. The summed E-state index contributed by atoms with van der Waals surface area (Å²) in [5, 5.41) is 20.5. The Bertz CT molecular complexity index is 2050. The average molecular weight is 796 g/mol. The Balaban J connectivity index is 0.000000306. The Morgan fingerprint density at radius 1 is 1.08 bits per heavy atom. The highest BCUT2D eigenvalue weighted by molar-refractivity contribution is 7.90. The van der Waals surface area contributed by atoms with Crippen LogP contribution in [0.15, 0.2) is 64.4 Å². The molecule has 0 saturated carbocycles. The number of carbonyl (C=O) groups is 3. The van der Waals surface area contributed by atoms with Crippen LogP contribution >= 0.6 is 11.6 Å². The molecule has 2 heterocycles. The van der Waals surface area contributed by atoms with E-state index in [2.05, 4.69) is 15.4 Å². The van der Waals surface area contributed by atoms with E-state index in [-0.39, 0.29) is 41.8 Å². The van der Waals surface area contributed by atoms with Crippen molar-refractivity contribution in [2.24, 2.45) is 5.14 Å². The predicted molar refractivity (Wildman–Crippen MR) is 195 cm³/mol. The Morgan fingerprint density at radius 3 is 2.30 bits per heavy atom. The van der Waals surface area contributed by atoms with Gasteiger partial charge in [-0.25, -0.2) is 26.8 Å². The van der Waals surface area contributed by atoms with E-state index < -0.39 is 60.9 Å². The van der Waals surface area contributed by atoms with Gasteiger partial charge in [-0.1, -0.05) is 41.9 Å². The van der Waals surface area contributed by atoms with Gasteiger partial charge >= 0.3 is 11.9 Å². The number of carboxylic acids is 1. The summed E-state index contributed by atoms with van der Waals surface area (Å²) in [6, 6.07) is 12.8. The van der Waals surface area contributed by atoms with Gasteiger partial charge in [0.2, 0.25) is 26.0 Å². The van der Waals surface area contributed by atoms with E-state index in [1.165, 1.54) is 25.2 Å². The first-order chi connectivity index (χ1) is 25.0. The molecule has 3 atom stereocenters. The fourth-order valence-corrected chi connectivity index (χ4v) is 8.16. The fraction of sp³-hybridized carbons (Fsp3) is 0.382. The van der Waals surface area contributed by atoms with Crippen molar-refractivity contribution in [1.82, 2.24) is 14.9 Å². The number of aryl methyl sites for hydroxylation is 1. The van der Waals surface area contributed by atoms with Gasteiger partial charge in [-0.15, -0.1) is 0 Å². The molecule has 0 bridgehead atoms. The fourth-order valence-electron chi connectivity index (χ4n) is 5.87. The first-order valence-corrected chi connectivity index (χ1v) is 19.7. The minimum atomic E-state index is -4.07. The molecule has 19 heteroatoms. The van der Waals surface area contributed by atoms with E-state index in [1.54, 1.807) is 26.0 Å². The van der Waals surface area contributed by atoms with Gasteiger partial charge in [0.25, 0.3) is 0 Å². The van der Waals surface area contributed by atoms with Crippen LogP contribution in [0, 0.1) is 0 Å². The Kier molecular flexibility index (Phi) is 13.7. The molecule has 0 spiro atoms. The van der Waals surface area contributed by atoms with E-state index in [1.807, 2.05) is 30.3 Å². The van der Waals surface area contributed by atoms with Gasteiger partial charge in [0.1, 0.15) is 21.9 Å². The summed E-state index contributed by atoms with van der Waals surface area (Å²) in [6.07, 6.45) is 1.19. The third kappa shape index (κ3) is 10.2. The minimum absolute atomic E-state index is 0.0143. The van der Waals surface area contributed by atoms with E-state index in [0.29, 0.717) is 24.3 Å². The van der Waals surface area contributed by atoms with Crippen molar-refractivity contribution in [3.8, 4) is 11.5 Å². The highest BCUT2D eigenvalue weighted by Gasteiger charge is 2.38. The number of rotatable bonds is 12. The van der Waals surface area contributed by atoms with Crippen LogP contribution < -0.4 is 30.0 Å². The first kappa shape index (κ1) is 41.3. The third-order valence-corrected chi connectivity index (χ3v) is 11.3. The number of nitrogens with zero attached hydrogens (tertiary/aromatic N) is 1. The number of benzene rings is 3. The number of aliphatic carboxylic acids is 1. The second-order valence-electron chi connectivity index (χ2n) is 12.0. The number of carboxylic acid groups (broad SMARTS) is 1. The number of amides is 1. The van der Waals surface area contributed by atoms with Crippen molar-refractivity contribution in [3.05, 3.63) is 76.3 Å². The zero-order valence-electron chi connectivity index (χ0n) is 29.4. The lowest BCUT2D eigenvalue weighted by Gasteiger charge is -2.37. The Labute approximate surface area is 313 Å². The zero-order chi connectivity index (χ0) is 39.1. The van der Waals surface area contributed by atoms with E-state index in [4.69, 9.17) is 31.0 Å². The van der Waals surface area contributed by atoms with Crippen molar-refractivity contribution in [3.63, 3.8) is 0 Å². The molecule has 6 N–H and O–H groups in total. The van der Waals surface area contributed by atoms with Crippen LogP contribution in [0.3, 0.4) is 0 Å². The molecule has 1 amide bonds. The number of fused-ring (bicyclic) bond motifs is 2. The van der Waals surface area contributed by atoms with Crippen LogP contribution in [0.4, 0.5) is 5.69 Å². The predicted octanol–water partition coefficient (Wildman–Crippen LogP) is 2.23. The maximum Gasteiger partial charge on any atom is 0.326 e. The van der Waals surface area contributed by atoms with Gasteiger partial charge in [0.05, 0.1) is 44.2 Å². The van der Waals surface area contributed by atoms with Gasteiger partial charge in [0.15, 0.2) is 11.5 Å². The number of ether oxygens (including phenoxy) is 3. The molecule has 0 radical (unpaired) electrons. The molecule has 288 valence electrons. The maximum atomic E-state index is 13.5. The summed E-state index contributed by atoms with van der Waals surface area (Å²) in [7, 11) is -4.76. The number of nitrogens with one attached hydrogen (secondary N) is 3.